The standard InChI is InChI=1S/C13H13BrN4/c1-9(3-5-15)18(2)12-4-6-16-11-7-10(14)8-17-13(11)12/h4,6-9H,3H2,1-2H3. The van der Waals surface area contributed by atoms with Crippen LogP contribution in [0.4, 0.5) is 5.69 Å². The van der Waals surface area contributed by atoms with Crippen molar-refractivity contribution in [2.45, 2.75) is 19.4 Å². The van der Waals surface area contributed by atoms with Gasteiger partial charge in [-0.2, -0.15) is 5.26 Å². The molecule has 0 fully saturated rings. The number of nitriles is 1. The average Bonchev–Trinajstić information content (AvgIpc) is 2.37. The first-order valence-corrected chi connectivity index (χ1v) is 6.43. The van der Waals surface area contributed by atoms with Gasteiger partial charge in [-0.25, -0.2) is 0 Å². The van der Waals surface area contributed by atoms with E-state index in [0.717, 1.165) is 21.2 Å². The van der Waals surface area contributed by atoms with E-state index < -0.39 is 0 Å². The third-order valence-corrected chi connectivity index (χ3v) is 3.38. The summed E-state index contributed by atoms with van der Waals surface area (Å²) in [5.41, 5.74) is 2.70. The van der Waals surface area contributed by atoms with E-state index in [1.807, 2.05) is 26.1 Å². The van der Waals surface area contributed by atoms with Crippen LogP contribution in [-0.2, 0) is 0 Å². The van der Waals surface area contributed by atoms with E-state index in [2.05, 4.69) is 36.9 Å². The van der Waals surface area contributed by atoms with Gasteiger partial charge in [0, 0.05) is 30.0 Å². The Kier molecular flexibility index (Phi) is 3.78. The Morgan fingerprint density at radius 2 is 2.28 bits per heavy atom. The van der Waals surface area contributed by atoms with Gasteiger partial charge in [-0.15, -0.1) is 0 Å². The predicted molar refractivity (Wildman–Crippen MR) is 75.3 cm³/mol. The molecule has 4 nitrogen and oxygen atoms in total. The minimum absolute atomic E-state index is 0.144. The Morgan fingerprint density at radius 3 is 3.00 bits per heavy atom. The lowest BCUT2D eigenvalue weighted by molar-refractivity contribution is 0.704. The molecule has 18 heavy (non-hydrogen) atoms. The molecule has 5 heteroatoms. The maximum atomic E-state index is 8.77. The van der Waals surface area contributed by atoms with Gasteiger partial charge in [-0.05, 0) is 35.0 Å². The molecule has 0 aromatic carbocycles. The Hall–Kier alpha value is -1.67. The van der Waals surface area contributed by atoms with Crippen molar-refractivity contribution in [2.75, 3.05) is 11.9 Å². The third-order valence-electron chi connectivity index (χ3n) is 2.95. The van der Waals surface area contributed by atoms with Crippen molar-refractivity contribution >= 4 is 32.7 Å². The number of rotatable bonds is 3. The van der Waals surface area contributed by atoms with E-state index in [-0.39, 0.29) is 6.04 Å². The first kappa shape index (κ1) is 12.8. The van der Waals surface area contributed by atoms with Crippen LogP contribution in [0.5, 0.6) is 0 Å². The van der Waals surface area contributed by atoms with Crippen LogP contribution in [0, 0.1) is 11.3 Å². The highest BCUT2D eigenvalue weighted by molar-refractivity contribution is 9.10. The molecule has 1 unspecified atom stereocenters. The molecule has 0 N–H and O–H groups in total. The number of fused-ring (bicyclic) bond motifs is 1. The molecule has 0 aliphatic heterocycles. The summed E-state index contributed by atoms with van der Waals surface area (Å²) in [6.07, 6.45) is 4.01. The molecular weight excluding hydrogens is 292 g/mol. The molecule has 2 heterocycles. The number of nitrogens with zero attached hydrogens (tertiary/aromatic N) is 4. The Balaban J connectivity index is 2.48. The lowest BCUT2D eigenvalue weighted by atomic mass is 10.2. The smallest absolute Gasteiger partial charge is 0.112 e. The molecule has 1 atom stereocenters. The fourth-order valence-corrected chi connectivity index (χ4v) is 2.10. The molecule has 0 aliphatic carbocycles. The molecule has 0 bridgehead atoms. The Bertz CT molecular complexity index is 605. The summed E-state index contributed by atoms with van der Waals surface area (Å²) >= 11 is 3.39. The Morgan fingerprint density at radius 1 is 1.50 bits per heavy atom. The fourth-order valence-electron chi connectivity index (χ4n) is 1.78. The van der Waals surface area contributed by atoms with Crippen molar-refractivity contribution < 1.29 is 0 Å². The number of pyridine rings is 2. The zero-order valence-corrected chi connectivity index (χ0v) is 11.8. The minimum atomic E-state index is 0.144. The van der Waals surface area contributed by atoms with Crippen LogP contribution >= 0.6 is 15.9 Å². The van der Waals surface area contributed by atoms with Gasteiger partial charge in [0.25, 0.3) is 0 Å². The van der Waals surface area contributed by atoms with E-state index >= 15 is 0 Å². The molecule has 2 aromatic heterocycles. The first-order chi connectivity index (χ1) is 8.63. The lowest BCUT2D eigenvalue weighted by Crippen LogP contribution is -2.28. The lowest BCUT2D eigenvalue weighted by Gasteiger charge is -2.25. The van der Waals surface area contributed by atoms with Crippen LogP contribution in [-0.4, -0.2) is 23.1 Å². The van der Waals surface area contributed by atoms with Crippen molar-refractivity contribution in [3.05, 3.63) is 29.0 Å². The number of aromatic nitrogens is 2. The van der Waals surface area contributed by atoms with Gasteiger partial charge >= 0.3 is 0 Å². The van der Waals surface area contributed by atoms with Gasteiger partial charge in [-0.1, -0.05) is 0 Å². The molecule has 0 radical (unpaired) electrons. The first-order valence-electron chi connectivity index (χ1n) is 5.63. The largest absolute Gasteiger partial charge is 0.369 e. The van der Waals surface area contributed by atoms with Crippen LogP contribution in [0.2, 0.25) is 0 Å². The minimum Gasteiger partial charge on any atom is -0.369 e. The summed E-state index contributed by atoms with van der Waals surface area (Å²) in [5, 5.41) is 8.77. The Labute approximate surface area is 114 Å². The van der Waals surface area contributed by atoms with Crippen molar-refractivity contribution in [3.63, 3.8) is 0 Å². The van der Waals surface area contributed by atoms with Crippen molar-refractivity contribution in [2.24, 2.45) is 0 Å². The summed E-state index contributed by atoms with van der Waals surface area (Å²) in [5.74, 6) is 0. The third kappa shape index (κ3) is 2.44. The molecule has 0 amide bonds. The van der Waals surface area contributed by atoms with Gasteiger partial charge in [0.2, 0.25) is 0 Å². The van der Waals surface area contributed by atoms with E-state index in [4.69, 9.17) is 5.26 Å². The monoisotopic (exact) mass is 304 g/mol. The van der Waals surface area contributed by atoms with Crippen molar-refractivity contribution in [1.82, 2.24) is 9.97 Å². The second-order valence-electron chi connectivity index (χ2n) is 4.17. The maximum Gasteiger partial charge on any atom is 0.112 e. The molecular formula is C13H13BrN4. The molecule has 0 saturated carbocycles. The van der Waals surface area contributed by atoms with Crippen LogP contribution < -0.4 is 4.90 Å². The zero-order valence-electron chi connectivity index (χ0n) is 10.3. The highest BCUT2D eigenvalue weighted by Gasteiger charge is 2.13. The summed E-state index contributed by atoms with van der Waals surface area (Å²) < 4.78 is 0.910. The maximum absolute atomic E-state index is 8.77. The quantitative estimate of drug-likeness (QED) is 0.874. The second-order valence-corrected chi connectivity index (χ2v) is 5.09. The van der Waals surface area contributed by atoms with E-state index in [1.165, 1.54) is 0 Å². The van der Waals surface area contributed by atoms with Gasteiger partial charge < -0.3 is 4.90 Å². The SMILES string of the molecule is CC(CC#N)N(C)c1ccnc2cc(Br)cnc12. The van der Waals surface area contributed by atoms with Crippen LogP contribution in [0.25, 0.3) is 11.0 Å². The van der Waals surface area contributed by atoms with Crippen LogP contribution in [0.3, 0.4) is 0 Å². The molecule has 2 rings (SSSR count). The number of halogens is 1. The van der Waals surface area contributed by atoms with E-state index in [9.17, 15) is 0 Å². The van der Waals surface area contributed by atoms with Crippen LogP contribution in [0.1, 0.15) is 13.3 Å². The normalized spacial score (nSPS) is 12.1. The molecule has 2 aromatic rings. The molecule has 0 aliphatic rings. The summed E-state index contributed by atoms with van der Waals surface area (Å²) in [6.45, 7) is 2.02. The highest BCUT2D eigenvalue weighted by atomic mass is 79.9. The highest BCUT2D eigenvalue weighted by Crippen LogP contribution is 2.26. The van der Waals surface area contributed by atoms with Gasteiger partial charge in [-0.3, -0.25) is 9.97 Å². The van der Waals surface area contributed by atoms with Gasteiger partial charge in [0.05, 0.1) is 23.7 Å². The summed E-state index contributed by atoms with van der Waals surface area (Å²) in [7, 11) is 1.97. The predicted octanol–water partition coefficient (Wildman–Crippen LogP) is 3.13. The van der Waals surface area contributed by atoms with Crippen molar-refractivity contribution in [1.29, 1.82) is 5.26 Å². The van der Waals surface area contributed by atoms with E-state index in [1.54, 1.807) is 12.4 Å². The number of hydrogen-bond donors (Lipinski definition) is 0. The molecule has 0 saturated heterocycles. The summed E-state index contributed by atoms with van der Waals surface area (Å²) in [4.78, 5) is 10.8. The molecule has 92 valence electrons. The van der Waals surface area contributed by atoms with Crippen molar-refractivity contribution in [3.8, 4) is 6.07 Å². The summed E-state index contributed by atoms with van der Waals surface area (Å²) in [6, 6.07) is 6.20. The fraction of sp³-hybridized carbons (Fsp3) is 0.308. The topological polar surface area (TPSA) is 52.8 Å². The number of anilines is 1. The zero-order chi connectivity index (χ0) is 13.1. The van der Waals surface area contributed by atoms with Gasteiger partial charge in [0.1, 0.15) is 5.52 Å². The number of hydrogen-bond acceptors (Lipinski definition) is 4. The average molecular weight is 305 g/mol. The van der Waals surface area contributed by atoms with E-state index in [0.29, 0.717) is 6.42 Å². The van der Waals surface area contributed by atoms with Crippen LogP contribution in [0.15, 0.2) is 29.0 Å². The van der Waals surface area contributed by atoms with Gasteiger partial charge in [0.15, 0.2) is 0 Å². The second kappa shape index (κ2) is 5.32. The molecule has 0 spiro atoms.